The molecule has 1 heterocycles. The second-order valence-electron chi connectivity index (χ2n) is 4.14. The number of piperazine rings is 1. The van der Waals surface area contributed by atoms with E-state index in [1.54, 1.807) is 0 Å². The SMILES string of the molecule is C=C[C@H](c1ccc(Cl)c(Cl)c1)N1CCNCC1.Cl.Cl. The van der Waals surface area contributed by atoms with Gasteiger partial charge in [-0.3, -0.25) is 4.90 Å². The van der Waals surface area contributed by atoms with Crippen LogP contribution in [0.25, 0.3) is 0 Å². The molecule has 0 aromatic heterocycles. The fraction of sp³-hybridized carbons (Fsp3) is 0.385. The van der Waals surface area contributed by atoms with E-state index < -0.39 is 0 Å². The van der Waals surface area contributed by atoms with Crippen LogP contribution in [-0.2, 0) is 0 Å². The summed E-state index contributed by atoms with van der Waals surface area (Å²) in [5, 5.41) is 4.54. The van der Waals surface area contributed by atoms with Gasteiger partial charge in [-0.25, -0.2) is 0 Å². The molecule has 2 rings (SSSR count). The van der Waals surface area contributed by atoms with Crippen molar-refractivity contribution >= 4 is 48.0 Å². The zero-order valence-electron chi connectivity index (χ0n) is 10.4. The number of benzene rings is 1. The van der Waals surface area contributed by atoms with E-state index in [1.165, 1.54) is 0 Å². The largest absolute Gasteiger partial charge is 0.314 e. The Morgan fingerprint density at radius 3 is 2.32 bits per heavy atom. The van der Waals surface area contributed by atoms with E-state index in [2.05, 4.69) is 16.8 Å². The molecule has 0 saturated carbocycles. The molecule has 0 aliphatic carbocycles. The van der Waals surface area contributed by atoms with Crippen LogP contribution in [0.2, 0.25) is 10.0 Å². The van der Waals surface area contributed by atoms with Crippen molar-refractivity contribution in [2.45, 2.75) is 6.04 Å². The minimum atomic E-state index is 0. The molecule has 0 radical (unpaired) electrons. The van der Waals surface area contributed by atoms with Crippen LogP contribution in [0.1, 0.15) is 11.6 Å². The van der Waals surface area contributed by atoms with Crippen LogP contribution in [0.15, 0.2) is 30.9 Å². The quantitative estimate of drug-likeness (QED) is 0.835. The van der Waals surface area contributed by atoms with Crippen LogP contribution in [0.4, 0.5) is 0 Å². The molecule has 2 nitrogen and oxygen atoms in total. The molecule has 1 saturated heterocycles. The highest BCUT2D eigenvalue weighted by Gasteiger charge is 2.19. The van der Waals surface area contributed by atoms with Crippen molar-refractivity contribution in [3.8, 4) is 0 Å². The van der Waals surface area contributed by atoms with Crippen molar-refractivity contribution in [3.05, 3.63) is 46.5 Å². The van der Waals surface area contributed by atoms with E-state index in [0.29, 0.717) is 10.0 Å². The number of hydrogen-bond acceptors (Lipinski definition) is 2. The summed E-state index contributed by atoms with van der Waals surface area (Å²) >= 11 is 12.0. The summed E-state index contributed by atoms with van der Waals surface area (Å²) in [6, 6.07) is 6.01. The molecule has 1 N–H and O–H groups in total. The Kier molecular flexibility index (Phi) is 9.08. The lowest BCUT2D eigenvalue weighted by molar-refractivity contribution is 0.203. The summed E-state index contributed by atoms with van der Waals surface area (Å²) in [5.74, 6) is 0. The van der Waals surface area contributed by atoms with Gasteiger partial charge in [0.15, 0.2) is 0 Å². The summed E-state index contributed by atoms with van der Waals surface area (Å²) in [7, 11) is 0. The minimum absolute atomic E-state index is 0. The van der Waals surface area contributed by atoms with E-state index in [4.69, 9.17) is 23.2 Å². The molecule has 108 valence electrons. The van der Waals surface area contributed by atoms with Crippen molar-refractivity contribution in [1.82, 2.24) is 10.2 Å². The van der Waals surface area contributed by atoms with Gasteiger partial charge in [0.25, 0.3) is 0 Å². The maximum Gasteiger partial charge on any atom is 0.0595 e. The Labute approximate surface area is 137 Å². The van der Waals surface area contributed by atoms with Gasteiger partial charge in [0, 0.05) is 26.2 Å². The third-order valence-electron chi connectivity index (χ3n) is 3.05. The van der Waals surface area contributed by atoms with Gasteiger partial charge in [0.1, 0.15) is 0 Å². The Balaban J connectivity index is 0.00000162. The highest BCUT2D eigenvalue weighted by atomic mass is 35.5. The first-order valence-electron chi connectivity index (χ1n) is 5.74. The van der Waals surface area contributed by atoms with E-state index >= 15 is 0 Å². The molecule has 1 aromatic carbocycles. The van der Waals surface area contributed by atoms with Gasteiger partial charge in [-0.15, -0.1) is 31.4 Å². The van der Waals surface area contributed by atoms with E-state index in [1.807, 2.05) is 24.3 Å². The summed E-state index contributed by atoms with van der Waals surface area (Å²) in [5.41, 5.74) is 1.15. The predicted molar refractivity (Wildman–Crippen MR) is 88.3 cm³/mol. The second kappa shape index (κ2) is 9.06. The van der Waals surface area contributed by atoms with E-state index in [0.717, 1.165) is 31.7 Å². The fourth-order valence-corrected chi connectivity index (χ4v) is 2.46. The molecule has 19 heavy (non-hydrogen) atoms. The monoisotopic (exact) mass is 342 g/mol. The first kappa shape index (κ1) is 19.0. The molecule has 1 fully saturated rings. The molecule has 0 amide bonds. The molecule has 6 heteroatoms. The highest BCUT2D eigenvalue weighted by Crippen LogP contribution is 2.29. The van der Waals surface area contributed by atoms with Gasteiger partial charge < -0.3 is 5.32 Å². The summed E-state index contributed by atoms with van der Waals surface area (Å²) in [4.78, 5) is 2.39. The van der Waals surface area contributed by atoms with Crippen molar-refractivity contribution in [2.24, 2.45) is 0 Å². The van der Waals surface area contributed by atoms with Gasteiger partial charge in [-0.05, 0) is 17.7 Å². The van der Waals surface area contributed by atoms with Crippen LogP contribution < -0.4 is 5.32 Å². The molecule has 1 aliphatic heterocycles. The molecule has 0 unspecified atom stereocenters. The lowest BCUT2D eigenvalue weighted by Gasteiger charge is -2.33. The molecule has 0 spiro atoms. The van der Waals surface area contributed by atoms with Crippen LogP contribution >= 0.6 is 48.0 Å². The number of nitrogens with zero attached hydrogens (tertiary/aromatic N) is 1. The van der Waals surface area contributed by atoms with Crippen LogP contribution in [0, 0.1) is 0 Å². The van der Waals surface area contributed by atoms with Crippen molar-refractivity contribution in [1.29, 1.82) is 0 Å². The topological polar surface area (TPSA) is 15.3 Å². The summed E-state index contributed by atoms with van der Waals surface area (Å²) < 4.78 is 0. The summed E-state index contributed by atoms with van der Waals surface area (Å²) in [6.45, 7) is 8.02. The maximum absolute atomic E-state index is 6.06. The van der Waals surface area contributed by atoms with Crippen molar-refractivity contribution in [2.75, 3.05) is 26.2 Å². The van der Waals surface area contributed by atoms with Crippen LogP contribution in [0.3, 0.4) is 0 Å². The second-order valence-corrected chi connectivity index (χ2v) is 4.95. The first-order chi connectivity index (χ1) is 8.22. The summed E-state index contributed by atoms with van der Waals surface area (Å²) in [6.07, 6.45) is 1.96. The van der Waals surface area contributed by atoms with E-state index in [9.17, 15) is 0 Å². The third kappa shape index (κ3) is 4.82. The lowest BCUT2D eigenvalue weighted by atomic mass is 10.0. The molecule has 0 bridgehead atoms. The lowest BCUT2D eigenvalue weighted by Crippen LogP contribution is -2.44. The van der Waals surface area contributed by atoms with E-state index in [-0.39, 0.29) is 30.9 Å². The zero-order valence-corrected chi connectivity index (χ0v) is 13.6. The average Bonchev–Trinajstić information content (AvgIpc) is 2.36. The van der Waals surface area contributed by atoms with Crippen molar-refractivity contribution < 1.29 is 0 Å². The smallest absolute Gasteiger partial charge is 0.0595 e. The zero-order chi connectivity index (χ0) is 12.3. The number of rotatable bonds is 3. The Bertz CT molecular complexity index is 406. The van der Waals surface area contributed by atoms with Crippen molar-refractivity contribution in [3.63, 3.8) is 0 Å². The molecular formula is C13H18Cl4N2. The number of hydrogen-bond donors (Lipinski definition) is 1. The predicted octanol–water partition coefficient (Wildman–Crippen LogP) is 3.97. The highest BCUT2D eigenvalue weighted by molar-refractivity contribution is 6.42. The molecule has 1 atom stereocenters. The number of halogens is 4. The normalized spacial score (nSPS) is 16.9. The fourth-order valence-electron chi connectivity index (χ4n) is 2.15. The number of nitrogens with one attached hydrogen (secondary N) is 1. The standard InChI is InChI=1S/C13H16Cl2N2.2ClH/c1-2-13(17-7-5-16-6-8-17)10-3-4-11(14)12(15)9-10;;/h2-4,9,13,16H,1,5-8H2;2*1H/t13-;;/m1../s1. The van der Waals surface area contributed by atoms with Gasteiger partial charge in [-0.2, -0.15) is 0 Å². The Hall–Kier alpha value is 0.0400. The van der Waals surface area contributed by atoms with Crippen LogP contribution in [0.5, 0.6) is 0 Å². The average molecular weight is 344 g/mol. The Morgan fingerprint density at radius 1 is 1.16 bits per heavy atom. The third-order valence-corrected chi connectivity index (χ3v) is 3.79. The molecule has 1 aliphatic rings. The molecular weight excluding hydrogens is 326 g/mol. The van der Waals surface area contributed by atoms with Gasteiger partial charge in [0.05, 0.1) is 16.1 Å². The van der Waals surface area contributed by atoms with Gasteiger partial charge >= 0.3 is 0 Å². The van der Waals surface area contributed by atoms with Gasteiger partial charge in [0.2, 0.25) is 0 Å². The first-order valence-corrected chi connectivity index (χ1v) is 6.50. The maximum atomic E-state index is 6.06. The minimum Gasteiger partial charge on any atom is -0.314 e. The molecule has 1 aromatic rings. The Morgan fingerprint density at radius 2 is 1.79 bits per heavy atom. The van der Waals surface area contributed by atoms with Gasteiger partial charge in [-0.1, -0.05) is 35.3 Å². The van der Waals surface area contributed by atoms with Crippen LogP contribution in [-0.4, -0.2) is 31.1 Å².